The highest BCUT2D eigenvalue weighted by atomic mass is 32.2. The van der Waals surface area contributed by atoms with Gasteiger partial charge in [-0.25, -0.2) is 13.4 Å². The van der Waals surface area contributed by atoms with Gasteiger partial charge in [-0.1, -0.05) is 19.9 Å². The van der Waals surface area contributed by atoms with Crippen LogP contribution in [0.1, 0.15) is 43.7 Å². The number of pyridine rings is 1. The van der Waals surface area contributed by atoms with E-state index in [9.17, 15) is 22.8 Å². The van der Waals surface area contributed by atoms with E-state index in [0.717, 1.165) is 4.31 Å². The predicted molar refractivity (Wildman–Crippen MR) is 119 cm³/mol. The van der Waals surface area contributed by atoms with Crippen molar-refractivity contribution in [1.29, 1.82) is 0 Å². The van der Waals surface area contributed by atoms with Crippen LogP contribution in [0.4, 0.5) is 0 Å². The molecule has 178 valence electrons. The minimum absolute atomic E-state index is 0.0810. The lowest BCUT2D eigenvalue weighted by atomic mass is 10.0. The van der Waals surface area contributed by atoms with Crippen molar-refractivity contribution in [2.45, 2.75) is 50.2 Å². The van der Waals surface area contributed by atoms with Gasteiger partial charge in [0, 0.05) is 12.7 Å². The summed E-state index contributed by atoms with van der Waals surface area (Å²) in [5.74, 6) is -1.26. The molecule has 2 amide bonds. The van der Waals surface area contributed by atoms with Gasteiger partial charge in [0.15, 0.2) is 16.6 Å². The van der Waals surface area contributed by atoms with Gasteiger partial charge in [0.1, 0.15) is 6.04 Å². The first-order valence-electron chi connectivity index (χ1n) is 10.8. The summed E-state index contributed by atoms with van der Waals surface area (Å²) in [5, 5.41) is 5.23. The molecule has 11 heteroatoms. The van der Waals surface area contributed by atoms with Crippen molar-refractivity contribution in [1.82, 2.24) is 19.9 Å². The lowest BCUT2D eigenvalue weighted by Gasteiger charge is -2.23. The van der Waals surface area contributed by atoms with Crippen LogP contribution in [0.15, 0.2) is 52.2 Å². The second kappa shape index (κ2) is 10.7. The fourth-order valence-corrected chi connectivity index (χ4v) is 4.97. The van der Waals surface area contributed by atoms with Crippen molar-refractivity contribution in [3.05, 3.63) is 48.6 Å². The molecule has 10 nitrogen and oxygen atoms in total. The summed E-state index contributed by atoms with van der Waals surface area (Å²) in [6.07, 6.45) is 3.78. The van der Waals surface area contributed by atoms with E-state index in [1.165, 1.54) is 24.6 Å². The molecule has 33 heavy (non-hydrogen) atoms. The maximum Gasteiger partial charge on any atom is 0.287 e. The third kappa shape index (κ3) is 6.26. The summed E-state index contributed by atoms with van der Waals surface area (Å²) in [5.41, 5.74) is 0. The summed E-state index contributed by atoms with van der Waals surface area (Å²) in [6, 6.07) is 5.89. The van der Waals surface area contributed by atoms with Crippen molar-refractivity contribution in [2.24, 2.45) is 5.92 Å². The molecule has 0 saturated carbocycles. The number of sulfonamides is 1. The number of amides is 2. The molecule has 3 rings (SSSR count). The Hall–Kier alpha value is -3.05. The molecule has 2 aromatic rings. The summed E-state index contributed by atoms with van der Waals surface area (Å²) < 4.78 is 31.9. The molecule has 1 saturated heterocycles. The Bertz CT molecular complexity index is 1070. The lowest BCUT2D eigenvalue weighted by Crippen LogP contribution is -2.52. The van der Waals surface area contributed by atoms with Gasteiger partial charge >= 0.3 is 0 Å². The summed E-state index contributed by atoms with van der Waals surface area (Å²) in [6.45, 7) is 3.60. The van der Waals surface area contributed by atoms with Gasteiger partial charge in [-0.2, -0.15) is 4.31 Å². The zero-order valence-electron chi connectivity index (χ0n) is 18.6. The average Bonchev–Trinajstić information content (AvgIpc) is 3.26. The first kappa shape index (κ1) is 24.6. The van der Waals surface area contributed by atoms with E-state index in [0.29, 0.717) is 19.3 Å². The number of carbonyl (C=O) groups is 3. The molecule has 0 bridgehead atoms. The van der Waals surface area contributed by atoms with Gasteiger partial charge in [0.25, 0.3) is 15.9 Å². The van der Waals surface area contributed by atoms with Gasteiger partial charge in [-0.05, 0) is 49.4 Å². The number of furan rings is 1. The molecule has 2 atom stereocenters. The fourth-order valence-electron chi connectivity index (χ4n) is 3.60. The molecule has 2 aromatic heterocycles. The molecular formula is C22H28N4O6S. The summed E-state index contributed by atoms with van der Waals surface area (Å²) in [7, 11) is -3.92. The predicted octanol–water partition coefficient (Wildman–Crippen LogP) is 1.36. The van der Waals surface area contributed by atoms with Crippen LogP contribution in [0.2, 0.25) is 0 Å². The Labute approximate surface area is 192 Å². The van der Waals surface area contributed by atoms with E-state index in [1.807, 2.05) is 13.8 Å². The normalized spacial score (nSPS) is 18.5. The number of aromatic nitrogens is 1. The molecule has 1 aliphatic rings. The number of hydrogen-bond acceptors (Lipinski definition) is 7. The molecule has 1 aliphatic heterocycles. The Morgan fingerprint density at radius 2 is 2.03 bits per heavy atom. The number of hydrogen-bond donors (Lipinski definition) is 2. The molecule has 1 fully saturated rings. The van der Waals surface area contributed by atoms with E-state index in [2.05, 4.69) is 15.6 Å². The first-order valence-corrected chi connectivity index (χ1v) is 12.2. The van der Waals surface area contributed by atoms with Gasteiger partial charge in [0.05, 0.1) is 18.8 Å². The molecule has 0 aliphatic carbocycles. The maximum absolute atomic E-state index is 13.0. The number of ketones is 1. The van der Waals surface area contributed by atoms with Crippen LogP contribution in [0, 0.1) is 5.92 Å². The van der Waals surface area contributed by atoms with Crippen molar-refractivity contribution in [2.75, 3.05) is 13.1 Å². The van der Waals surface area contributed by atoms with E-state index < -0.39 is 39.7 Å². The third-order valence-corrected chi connectivity index (χ3v) is 7.02. The van der Waals surface area contributed by atoms with Gasteiger partial charge in [-0.15, -0.1) is 0 Å². The number of Topliss-reactive ketones (excluding diaryl/α,β-unsaturated/α-hetero) is 1. The topological polar surface area (TPSA) is 139 Å². The van der Waals surface area contributed by atoms with Crippen LogP contribution >= 0.6 is 0 Å². The van der Waals surface area contributed by atoms with Crippen LogP contribution in [-0.4, -0.2) is 60.5 Å². The Kier molecular flexibility index (Phi) is 7.98. The smallest absolute Gasteiger partial charge is 0.287 e. The lowest BCUT2D eigenvalue weighted by molar-refractivity contribution is -0.129. The molecule has 0 aromatic carbocycles. The quantitative estimate of drug-likeness (QED) is 0.586. The van der Waals surface area contributed by atoms with Crippen molar-refractivity contribution in [3.63, 3.8) is 0 Å². The monoisotopic (exact) mass is 476 g/mol. The van der Waals surface area contributed by atoms with Crippen molar-refractivity contribution in [3.8, 4) is 0 Å². The number of rotatable bonds is 8. The van der Waals surface area contributed by atoms with Crippen LogP contribution < -0.4 is 10.6 Å². The highest BCUT2D eigenvalue weighted by Gasteiger charge is 2.34. The fraction of sp³-hybridized carbons (Fsp3) is 0.455. The molecule has 0 radical (unpaired) electrons. The number of nitrogens with zero attached hydrogens (tertiary/aromatic N) is 2. The van der Waals surface area contributed by atoms with E-state index >= 15 is 0 Å². The Balaban J connectivity index is 1.68. The van der Waals surface area contributed by atoms with Crippen LogP contribution in [0.3, 0.4) is 0 Å². The van der Waals surface area contributed by atoms with Crippen molar-refractivity contribution < 1.29 is 27.2 Å². The number of nitrogens with one attached hydrogen (secondary N) is 2. The highest BCUT2D eigenvalue weighted by molar-refractivity contribution is 7.89. The third-order valence-electron chi connectivity index (χ3n) is 5.25. The maximum atomic E-state index is 13.0. The molecule has 0 spiro atoms. The van der Waals surface area contributed by atoms with Gasteiger partial charge in [-0.3, -0.25) is 14.4 Å². The minimum Gasteiger partial charge on any atom is -0.459 e. The molecular weight excluding hydrogens is 448 g/mol. The van der Waals surface area contributed by atoms with Gasteiger partial charge < -0.3 is 15.1 Å². The van der Waals surface area contributed by atoms with Crippen molar-refractivity contribution >= 4 is 27.6 Å². The van der Waals surface area contributed by atoms with E-state index in [4.69, 9.17) is 4.42 Å². The SMILES string of the molecule is CC(C)CC(NC(=O)c1ccco1)C(=O)N[C@H]1CCCN(S(=O)(=O)c2ccccn2)CC1=O. The number of carbonyl (C=O) groups excluding carboxylic acids is 3. The average molecular weight is 477 g/mol. The summed E-state index contributed by atoms with van der Waals surface area (Å²) in [4.78, 5) is 42.1. The van der Waals surface area contributed by atoms with Crippen LogP contribution in [0.25, 0.3) is 0 Å². The second-order valence-electron chi connectivity index (χ2n) is 8.31. The van der Waals surface area contributed by atoms with E-state index in [-0.39, 0.29) is 29.8 Å². The van der Waals surface area contributed by atoms with Crippen LogP contribution in [-0.2, 0) is 19.6 Å². The summed E-state index contributed by atoms with van der Waals surface area (Å²) >= 11 is 0. The largest absolute Gasteiger partial charge is 0.459 e. The second-order valence-corrected chi connectivity index (χ2v) is 10.2. The zero-order valence-corrected chi connectivity index (χ0v) is 19.4. The van der Waals surface area contributed by atoms with E-state index in [1.54, 1.807) is 18.2 Å². The first-order chi connectivity index (χ1) is 15.7. The molecule has 2 N–H and O–H groups in total. The molecule has 1 unspecified atom stereocenters. The standard InChI is InChI=1S/C22H28N4O6S/c1-15(2)13-17(25-22(29)19-8-6-12-32-19)21(28)24-16-7-5-11-26(14-18(16)27)33(30,31)20-9-3-4-10-23-20/h3-4,6,8-10,12,15-17H,5,7,11,13-14H2,1-2H3,(H,24,28)(H,25,29)/t16-,17?/m0/s1. The van der Waals surface area contributed by atoms with Gasteiger partial charge in [0.2, 0.25) is 5.91 Å². The molecule has 3 heterocycles. The Morgan fingerprint density at radius 3 is 2.67 bits per heavy atom. The van der Waals surface area contributed by atoms with Crippen LogP contribution in [0.5, 0.6) is 0 Å². The highest BCUT2D eigenvalue weighted by Crippen LogP contribution is 2.18. The minimum atomic E-state index is -3.92. The Morgan fingerprint density at radius 1 is 1.24 bits per heavy atom. The zero-order chi connectivity index (χ0) is 24.0.